The van der Waals surface area contributed by atoms with Crippen LogP contribution in [-0.4, -0.2) is 26.2 Å². The lowest BCUT2D eigenvalue weighted by atomic mass is 10.2. The van der Waals surface area contributed by atoms with Crippen LogP contribution in [0.1, 0.15) is 45.1 Å². The molecule has 0 aliphatic carbocycles. The second-order valence-corrected chi connectivity index (χ2v) is 5.23. The predicted molar refractivity (Wildman–Crippen MR) is 86.1 cm³/mol. The van der Waals surface area contributed by atoms with Crippen LogP contribution in [0.4, 0.5) is 5.69 Å². The lowest BCUT2D eigenvalue weighted by Gasteiger charge is -2.23. The SMILES string of the molecule is CCCNCCCCCN(CC)c1cccc(C)c1. The van der Waals surface area contributed by atoms with Gasteiger partial charge in [0, 0.05) is 18.8 Å². The molecule has 0 atom stereocenters. The molecule has 1 N–H and O–H groups in total. The van der Waals surface area contributed by atoms with Gasteiger partial charge in [0.05, 0.1) is 0 Å². The van der Waals surface area contributed by atoms with Crippen molar-refractivity contribution in [1.29, 1.82) is 0 Å². The molecule has 1 rings (SSSR count). The largest absolute Gasteiger partial charge is 0.372 e. The third kappa shape index (κ3) is 6.63. The lowest BCUT2D eigenvalue weighted by Crippen LogP contribution is -2.24. The van der Waals surface area contributed by atoms with Crippen LogP contribution in [0.5, 0.6) is 0 Å². The van der Waals surface area contributed by atoms with Crippen LogP contribution in [0.15, 0.2) is 24.3 Å². The average molecular weight is 262 g/mol. The summed E-state index contributed by atoms with van der Waals surface area (Å²) in [5, 5.41) is 3.46. The summed E-state index contributed by atoms with van der Waals surface area (Å²) < 4.78 is 0. The van der Waals surface area contributed by atoms with E-state index < -0.39 is 0 Å². The zero-order valence-electron chi connectivity index (χ0n) is 12.9. The topological polar surface area (TPSA) is 15.3 Å². The first-order valence-corrected chi connectivity index (χ1v) is 7.80. The maximum absolute atomic E-state index is 3.46. The number of benzene rings is 1. The molecule has 1 aromatic rings. The number of nitrogens with one attached hydrogen (secondary N) is 1. The first-order chi connectivity index (χ1) is 9.27. The van der Waals surface area contributed by atoms with E-state index >= 15 is 0 Å². The number of aryl methyl sites for hydroxylation is 1. The Morgan fingerprint density at radius 2 is 1.89 bits per heavy atom. The Balaban J connectivity index is 2.22. The van der Waals surface area contributed by atoms with E-state index in [1.807, 2.05) is 0 Å². The van der Waals surface area contributed by atoms with E-state index in [2.05, 4.69) is 55.3 Å². The Kier molecular flexibility index (Phi) is 8.31. The molecule has 0 fully saturated rings. The average Bonchev–Trinajstić information content (AvgIpc) is 2.42. The van der Waals surface area contributed by atoms with Crippen LogP contribution in [0, 0.1) is 6.92 Å². The molecule has 0 saturated heterocycles. The fourth-order valence-electron chi connectivity index (χ4n) is 2.33. The van der Waals surface area contributed by atoms with E-state index in [1.54, 1.807) is 0 Å². The van der Waals surface area contributed by atoms with Gasteiger partial charge in [-0.25, -0.2) is 0 Å². The van der Waals surface area contributed by atoms with Gasteiger partial charge in [0.25, 0.3) is 0 Å². The molecule has 2 nitrogen and oxygen atoms in total. The van der Waals surface area contributed by atoms with E-state index in [-0.39, 0.29) is 0 Å². The number of nitrogens with zero attached hydrogens (tertiary/aromatic N) is 1. The molecule has 0 spiro atoms. The van der Waals surface area contributed by atoms with Gasteiger partial charge < -0.3 is 10.2 Å². The molecule has 0 radical (unpaired) electrons. The van der Waals surface area contributed by atoms with Gasteiger partial charge in [0.1, 0.15) is 0 Å². The van der Waals surface area contributed by atoms with Gasteiger partial charge >= 0.3 is 0 Å². The molecule has 0 saturated carbocycles. The van der Waals surface area contributed by atoms with Crippen molar-refractivity contribution in [2.45, 2.75) is 46.5 Å². The minimum absolute atomic E-state index is 1.09. The first-order valence-electron chi connectivity index (χ1n) is 7.80. The molecular weight excluding hydrogens is 232 g/mol. The number of hydrogen-bond acceptors (Lipinski definition) is 2. The second-order valence-electron chi connectivity index (χ2n) is 5.23. The molecule has 0 aliphatic rings. The fourth-order valence-corrected chi connectivity index (χ4v) is 2.33. The van der Waals surface area contributed by atoms with Crippen molar-refractivity contribution in [2.75, 3.05) is 31.1 Å². The van der Waals surface area contributed by atoms with E-state index in [9.17, 15) is 0 Å². The molecule has 19 heavy (non-hydrogen) atoms. The van der Waals surface area contributed by atoms with E-state index in [0.29, 0.717) is 0 Å². The maximum Gasteiger partial charge on any atom is 0.0368 e. The van der Waals surface area contributed by atoms with Crippen molar-refractivity contribution >= 4 is 5.69 Å². The van der Waals surface area contributed by atoms with Crippen LogP contribution in [-0.2, 0) is 0 Å². The van der Waals surface area contributed by atoms with Crippen LogP contribution in [0.2, 0.25) is 0 Å². The maximum atomic E-state index is 3.46. The number of hydrogen-bond donors (Lipinski definition) is 1. The second kappa shape index (κ2) is 9.85. The monoisotopic (exact) mass is 262 g/mol. The fraction of sp³-hybridized carbons (Fsp3) is 0.647. The van der Waals surface area contributed by atoms with Crippen molar-refractivity contribution < 1.29 is 0 Å². The highest BCUT2D eigenvalue weighted by atomic mass is 15.1. The summed E-state index contributed by atoms with van der Waals surface area (Å²) >= 11 is 0. The van der Waals surface area contributed by atoms with Gasteiger partial charge in [-0.2, -0.15) is 0 Å². The Morgan fingerprint density at radius 3 is 2.58 bits per heavy atom. The van der Waals surface area contributed by atoms with Crippen molar-refractivity contribution in [3.05, 3.63) is 29.8 Å². The smallest absolute Gasteiger partial charge is 0.0368 e. The van der Waals surface area contributed by atoms with Crippen molar-refractivity contribution in [3.8, 4) is 0 Å². The normalized spacial score (nSPS) is 10.7. The molecular formula is C17H30N2. The van der Waals surface area contributed by atoms with Gasteiger partial charge in [-0.15, -0.1) is 0 Å². The molecule has 0 bridgehead atoms. The summed E-state index contributed by atoms with van der Waals surface area (Å²) in [5.74, 6) is 0. The van der Waals surface area contributed by atoms with Gasteiger partial charge in [0.15, 0.2) is 0 Å². The summed E-state index contributed by atoms with van der Waals surface area (Å²) in [4.78, 5) is 2.48. The van der Waals surface area contributed by atoms with Crippen molar-refractivity contribution in [3.63, 3.8) is 0 Å². The zero-order valence-corrected chi connectivity index (χ0v) is 12.9. The van der Waals surface area contributed by atoms with E-state index in [1.165, 1.54) is 50.0 Å². The van der Waals surface area contributed by atoms with Gasteiger partial charge in [0.2, 0.25) is 0 Å². The highest BCUT2D eigenvalue weighted by Crippen LogP contribution is 2.16. The Bertz CT molecular complexity index is 336. The van der Waals surface area contributed by atoms with Crippen LogP contribution in [0.25, 0.3) is 0 Å². The number of unbranched alkanes of at least 4 members (excludes halogenated alkanes) is 2. The summed E-state index contributed by atoms with van der Waals surface area (Å²) in [7, 11) is 0. The van der Waals surface area contributed by atoms with Crippen molar-refractivity contribution in [1.82, 2.24) is 5.32 Å². The van der Waals surface area contributed by atoms with Gasteiger partial charge in [-0.1, -0.05) is 25.5 Å². The number of anilines is 1. The zero-order chi connectivity index (χ0) is 13.9. The van der Waals surface area contributed by atoms with Gasteiger partial charge in [-0.3, -0.25) is 0 Å². The summed E-state index contributed by atoms with van der Waals surface area (Å²) in [5.41, 5.74) is 2.71. The Hall–Kier alpha value is -1.02. The van der Waals surface area contributed by atoms with E-state index in [0.717, 1.165) is 13.1 Å². The molecule has 2 heteroatoms. The van der Waals surface area contributed by atoms with Crippen molar-refractivity contribution in [2.24, 2.45) is 0 Å². The Labute approximate surface area is 119 Å². The summed E-state index contributed by atoms with van der Waals surface area (Å²) in [6, 6.07) is 8.82. The molecule has 0 aromatic heterocycles. The lowest BCUT2D eigenvalue weighted by molar-refractivity contribution is 0.594. The Morgan fingerprint density at radius 1 is 1.05 bits per heavy atom. The predicted octanol–water partition coefficient (Wildman–Crippen LogP) is 3.99. The van der Waals surface area contributed by atoms with E-state index in [4.69, 9.17) is 0 Å². The highest BCUT2D eigenvalue weighted by Gasteiger charge is 2.03. The van der Waals surface area contributed by atoms with Crippen LogP contribution in [0.3, 0.4) is 0 Å². The standard InChI is InChI=1S/C17H30N2/c1-4-12-18-13-7-6-8-14-19(5-2)17-11-9-10-16(3)15-17/h9-11,15,18H,4-8,12-14H2,1-3H3. The molecule has 0 heterocycles. The van der Waals surface area contributed by atoms with Crippen LogP contribution >= 0.6 is 0 Å². The minimum Gasteiger partial charge on any atom is -0.372 e. The van der Waals surface area contributed by atoms with Gasteiger partial charge in [-0.05, 0) is 63.9 Å². The molecule has 0 aliphatic heterocycles. The first kappa shape index (κ1) is 16.0. The quantitative estimate of drug-likeness (QED) is 0.641. The molecule has 1 aromatic carbocycles. The highest BCUT2D eigenvalue weighted by molar-refractivity contribution is 5.48. The number of rotatable bonds is 10. The molecule has 108 valence electrons. The summed E-state index contributed by atoms with van der Waals surface area (Å²) in [6.07, 6.45) is 5.14. The minimum atomic E-state index is 1.09. The third-order valence-corrected chi connectivity index (χ3v) is 3.46. The molecule has 0 amide bonds. The van der Waals surface area contributed by atoms with Crippen LogP contribution < -0.4 is 10.2 Å². The molecule has 0 unspecified atom stereocenters. The third-order valence-electron chi connectivity index (χ3n) is 3.46. The summed E-state index contributed by atoms with van der Waals surface area (Å²) in [6.45, 7) is 11.2.